The van der Waals surface area contributed by atoms with Crippen LogP contribution in [-0.4, -0.2) is 30.7 Å². The normalized spacial score (nSPS) is 11.2. The van der Waals surface area contributed by atoms with E-state index in [1.807, 2.05) is 0 Å². The van der Waals surface area contributed by atoms with Crippen molar-refractivity contribution in [2.75, 3.05) is 13.2 Å². The predicted molar refractivity (Wildman–Crippen MR) is 171 cm³/mol. The molecule has 0 aliphatic carbocycles. The molecule has 0 rings (SSSR count). The van der Waals surface area contributed by atoms with Gasteiger partial charge in [0.05, 0.1) is 0 Å². The first-order chi connectivity index (χ1) is 18.4. The summed E-state index contributed by atoms with van der Waals surface area (Å²) in [6, 6.07) is 0. The lowest BCUT2D eigenvalue weighted by molar-refractivity contribution is 0.125. The van der Waals surface area contributed by atoms with Crippen molar-refractivity contribution < 1.29 is 22.3 Å². The quantitative estimate of drug-likeness (QED) is 0.0573. The minimum absolute atomic E-state index is 0. The summed E-state index contributed by atoms with van der Waals surface area (Å²) in [6.07, 6.45) is 40.1. The molecule has 7 heteroatoms. The monoisotopic (exact) mass is 582 g/mol. The number of rotatable bonds is 30. The molecule has 0 aromatic heterocycles. The number of hydrogen-bond acceptors (Lipinski definition) is 4. The fourth-order valence-corrected chi connectivity index (χ4v) is 4.90. The van der Waals surface area contributed by atoms with Crippen molar-refractivity contribution in [2.45, 2.75) is 194 Å². The van der Waals surface area contributed by atoms with Gasteiger partial charge in [0, 0.05) is 13.2 Å². The van der Waals surface area contributed by atoms with Crippen molar-refractivity contribution in [2.24, 2.45) is 0 Å². The van der Waals surface area contributed by atoms with Crippen molar-refractivity contribution in [3.63, 3.8) is 0 Å². The van der Waals surface area contributed by atoms with Gasteiger partial charge in [-0.1, -0.05) is 181 Å². The number of unbranched alkanes of at least 4 members (excludes halogenated alkanes) is 26. The van der Waals surface area contributed by atoms with Crippen LogP contribution >= 0.6 is 0 Å². The van der Waals surface area contributed by atoms with E-state index in [-0.39, 0.29) is 6.15 Å². The van der Waals surface area contributed by atoms with Crippen molar-refractivity contribution in [1.29, 1.82) is 0 Å². The average molecular weight is 582 g/mol. The number of ether oxygens (including phenoxy) is 1. The Kier molecular flexibility index (Phi) is 41.9. The van der Waals surface area contributed by atoms with Gasteiger partial charge in [-0.3, -0.25) is 9.11 Å². The standard InChI is InChI=1S/C32H66O.H3N.H2O4S/c1-3-5-7-9-11-13-15-17-19-21-23-25-27-29-31-33-32-30-28-26-24-22-20-18-16-14-12-10-8-6-4-2;;1-5(2,3)4/h3-32H2,1-2H3;1H3;(H2,1,2,3,4). The summed E-state index contributed by atoms with van der Waals surface area (Å²) < 4.78 is 37.4. The summed E-state index contributed by atoms with van der Waals surface area (Å²) in [5.74, 6) is 0. The zero-order valence-electron chi connectivity index (χ0n) is 26.4. The fourth-order valence-electron chi connectivity index (χ4n) is 4.90. The smallest absolute Gasteiger partial charge is 0.381 e. The Morgan fingerprint density at radius 3 is 0.718 bits per heavy atom. The van der Waals surface area contributed by atoms with Crippen LogP contribution in [0.15, 0.2) is 0 Å². The highest BCUT2D eigenvalue weighted by Gasteiger charge is 1.96. The third-order valence-corrected chi connectivity index (χ3v) is 7.28. The van der Waals surface area contributed by atoms with Crippen molar-refractivity contribution in [3.05, 3.63) is 0 Å². The van der Waals surface area contributed by atoms with E-state index in [1.165, 1.54) is 180 Å². The summed E-state index contributed by atoms with van der Waals surface area (Å²) in [5.41, 5.74) is 0. The van der Waals surface area contributed by atoms with Crippen LogP contribution in [0.25, 0.3) is 0 Å². The minimum Gasteiger partial charge on any atom is -0.381 e. The molecular formula is C32H71NO5S. The lowest BCUT2D eigenvalue weighted by Crippen LogP contribution is -1.97. The van der Waals surface area contributed by atoms with Gasteiger partial charge in [0.25, 0.3) is 0 Å². The summed E-state index contributed by atoms with van der Waals surface area (Å²) >= 11 is 0. The highest BCUT2D eigenvalue weighted by atomic mass is 32.3. The Morgan fingerprint density at radius 1 is 0.385 bits per heavy atom. The molecule has 5 N–H and O–H groups in total. The number of hydrogen-bond donors (Lipinski definition) is 3. The van der Waals surface area contributed by atoms with Gasteiger partial charge in [-0.2, -0.15) is 8.42 Å². The molecule has 0 aliphatic heterocycles. The van der Waals surface area contributed by atoms with Crippen molar-refractivity contribution >= 4 is 10.4 Å². The van der Waals surface area contributed by atoms with Gasteiger partial charge < -0.3 is 10.9 Å². The van der Waals surface area contributed by atoms with Crippen molar-refractivity contribution in [3.8, 4) is 0 Å². The molecule has 0 aliphatic rings. The lowest BCUT2D eigenvalue weighted by atomic mass is 10.0. The molecule has 0 atom stereocenters. The third-order valence-electron chi connectivity index (χ3n) is 7.28. The Morgan fingerprint density at radius 2 is 0.538 bits per heavy atom. The van der Waals surface area contributed by atoms with E-state index in [2.05, 4.69) is 13.8 Å². The molecule has 0 heterocycles. The topological polar surface area (TPSA) is 119 Å². The maximum absolute atomic E-state index is 8.74. The second kappa shape index (κ2) is 37.8. The van der Waals surface area contributed by atoms with Crippen LogP contribution in [0.5, 0.6) is 0 Å². The summed E-state index contributed by atoms with van der Waals surface area (Å²) in [6.45, 7) is 6.59. The Bertz CT molecular complexity index is 479. The maximum Gasteiger partial charge on any atom is 0.394 e. The van der Waals surface area contributed by atoms with Gasteiger partial charge in [0.15, 0.2) is 0 Å². The van der Waals surface area contributed by atoms with Crippen LogP contribution in [0.2, 0.25) is 0 Å². The Hall–Kier alpha value is -0.210. The largest absolute Gasteiger partial charge is 0.394 e. The Balaban J connectivity index is -0.00000196. The molecule has 0 spiro atoms. The molecule has 0 fully saturated rings. The van der Waals surface area contributed by atoms with E-state index in [0.29, 0.717) is 0 Å². The lowest BCUT2D eigenvalue weighted by Gasteiger charge is -2.05. The summed E-state index contributed by atoms with van der Waals surface area (Å²) in [4.78, 5) is 0. The molecule has 0 unspecified atom stereocenters. The summed E-state index contributed by atoms with van der Waals surface area (Å²) in [7, 11) is -4.67. The molecule has 39 heavy (non-hydrogen) atoms. The van der Waals surface area contributed by atoms with Crippen LogP contribution in [0, 0.1) is 0 Å². The van der Waals surface area contributed by atoms with Gasteiger partial charge in [0.2, 0.25) is 0 Å². The fraction of sp³-hybridized carbons (Fsp3) is 1.00. The molecular weight excluding hydrogens is 510 g/mol. The SMILES string of the molecule is CCCCCCCCCCCCCCCCOCCCCCCCCCCCCCCCC.N.O=S(=O)(O)O. The van der Waals surface area contributed by atoms with Crippen LogP contribution < -0.4 is 6.15 Å². The van der Waals surface area contributed by atoms with Gasteiger partial charge in [0.1, 0.15) is 0 Å². The van der Waals surface area contributed by atoms with Crippen LogP contribution in [0.3, 0.4) is 0 Å². The molecule has 0 saturated heterocycles. The van der Waals surface area contributed by atoms with Gasteiger partial charge in [-0.15, -0.1) is 0 Å². The zero-order valence-corrected chi connectivity index (χ0v) is 27.3. The first kappa shape index (κ1) is 43.2. The van der Waals surface area contributed by atoms with Crippen molar-refractivity contribution in [1.82, 2.24) is 6.15 Å². The second-order valence-electron chi connectivity index (χ2n) is 11.3. The molecule has 0 aromatic rings. The van der Waals surface area contributed by atoms with Crippen LogP contribution in [0.4, 0.5) is 0 Å². The van der Waals surface area contributed by atoms with Gasteiger partial charge in [-0.25, -0.2) is 0 Å². The van der Waals surface area contributed by atoms with E-state index in [9.17, 15) is 0 Å². The molecule has 0 bridgehead atoms. The second-order valence-corrected chi connectivity index (χ2v) is 12.1. The van der Waals surface area contributed by atoms with E-state index in [4.69, 9.17) is 22.3 Å². The molecule has 6 nitrogen and oxygen atoms in total. The van der Waals surface area contributed by atoms with Crippen LogP contribution in [-0.2, 0) is 15.1 Å². The zero-order chi connectivity index (χ0) is 28.4. The van der Waals surface area contributed by atoms with Gasteiger partial charge in [-0.05, 0) is 12.8 Å². The van der Waals surface area contributed by atoms with E-state index < -0.39 is 10.4 Å². The van der Waals surface area contributed by atoms with E-state index in [1.54, 1.807) is 0 Å². The van der Waals surface area contributed by atoms with Gasteiger partial charge >= 0.3 is 10.4 Å². The predicted octanol–water partition coefficient (Wildman–Crippen LogP) is 11.5. The first-order valence-corrected chi connectivity index (χ1v) is 18.1. The third kappa shape index (κ3) is 54.5. The molecule has 240 valence electrons. The van der Waals surface area contributed by atoms with Crippen LogP contribution in [0.1, 0.15) is 194 Å². The average Bonchev–Trinajstić information content (AvgIpc) is 2.87. The first-order valence-electron chi connectivity index (χ1n) is 16.7. The molecule has 0 aromatic carbocycles. The highest BCUT2D eigenvalue weighted by molar-refractivity contribution is 7.79. The van der Waals surface area contributed by atoms with E-state index >= 15 is 0 Å². The Labute approximate surface area is 245 Å². The molecule has 0 saturated carbocycles. The minimum atomic E-state index is -4.67. The molecule has 0 amide bonds. The van der Waals surface area contributed by atoms with E-state index in [0.717, 1.165) is 13.2 Å². The highest BCUT2D eigenvalue weighted by Crippen LogP contribution is 2.14. The maximum atomic E-state index is 8.74. The molecule has 0 radical (unpaired) electrons. The summed E-state index contributed by atoms with van der Waals surface area (Å²) in [5, 5.41) is 0.